The number of halogens is 1. The van der Waals surface area contributed by atoms with Crippen LogP contribution in [0.25, 0.3) is 10.9 Å². The van der Waals surface area contributed by atoms with Crippen LogP contribution in [0.2, 0.25) is 0 Å². The summed E-state index contributed by atoms with van der Waals surface area (Å²) < 4.78 is 2.72. The van der Waals surface area contributed by atoms with Gasteiger partial charge in [0, 0.05) is 35.2 Å². The van der Waals surface area contributed by atoms with E-state index in [0.29, 0.717) is 17.9 Å². The number of anilines is 1. The second-order valence-corrected chi connectivity index (χ2v) is 8.94. The fraction of sp³-hybridized carbons (Fsp3) is 0.348. The molecule has 0 unspecified atom stereocenters. The van der Waals surface area contributed by atoms with Crippen LogP contribution in [0.5, 0.6) is 5.88 Å². The number of likely N-dealkylation sites (tertiary alicyclic amines) is 1. The number of piperidine rings is 1. The highest BCUT2D eigenvalue weighted by Gasteiger charge is 2.20. The van der Waals surface area contributed by atoms with Gasteiger partial charge >= 0.3 is 0 Å². The van der Waals surface area contributed by atoms with Gasteiger partial charge in [-0.15, -0.1) is 10.2 Å². The van der Waals surface area contributed by atoms with Crippen LogP contribution in [0.1, 0.15) is 29.6 Å². The van der Waals surface area contributed by atoms with Crippen LogP contribution < -0.4 is 4.90 Å². The molecule has 162 valence electrons. The number of carbonyl (C=O) groups excluding carboxylic acids is 1. The van der Waals surface area contributed by atoms with Crippen LogP contribution >= 0.6 is 15.9 Å². The molecule has 0 aliphatic carbocycles. The van der Waals surface area contributed by atoms with Crippen molar-refractivity contribution in [1.82, 2.24) is 9.47 Å². The summed E-state index contributed by atoms with van der Waals surface area (Å²) in [7, 11) is 3.88. The highest BCUT2D eigenvalue weighted by atomic mass is 79.9. The van der Waals surface area contributed by atoms with E-state index in [1.165, 1.54) is 19.3 Å². The van der Waals surface area contributed by atoms with Gasteiger partial charge in [0.15, 0.2) is 5.69 Å². The van der Waals surface area contributed by atoms with Crippen molar-refractivity contribution in [3.05, 3.63) is 52.5 Å². The summed E-state index contributed by atoms with van der Waals surface area (Å²) in [6.45, 7) is 2.60. The van der Waals surface area contributed by atoms with E-state index < -0.39 is 5.91 Å². The zero-order chi connectivity index (χ0) is 22.0. The summed E-state index contributed by atoms with van der Waals surface area (Å²) >= 11 is 3.49. The van der Waals surface area contributed by atoms with Crippen LogP contribution in [0.3, 0.4) is 0 Å². The van der Waals surface area contributed by atoms with E-state index in [4.69, 9.17) is 0 Å². The van der Waals surface area contributed by atoms with Crippen molar-refractivity contribution in [3.63, 3.8) is 0 Å². The Balaban J connectivity index is 1.65. The van der Waals surface area contributed by atoms with E-state index in [9.17, 15) is 9.90 Å². The van der Waals surface area contributed by atoms with Gasteiger partial charge in [0.05, 0.1) is 12.2 Å². The molecule has 0 saturated carbocycles. The van der Waals surface area contributed by atoms with E-state index in [1.54, 1.807) is 12.1 Å². The number of benzene rings is 2. The second kappa shape index (κ2) is 9.20. The van der Waals surface area contributed by atoms with Crippen molar-refractivity contribution in [1.29, 1.82) is 0 Å². The lowest BCUT2D eigenvalue weighted by molar-refractivity contribution is 0.0995. The highest BCUT2D eigenvalue weighted by Crippen LogP contribution is 2.40. The third-order valence-electron chi connectivity index (χ3n) is 5.63. The largest absolute Gasteiger partial charge is 0.493 e. The molecule has 31 heavy (non-hydrogen) atoms. The number of hydrogen-bond donors (Lipinski definition) is 1. The molecule has 4 rings (SSSR count). The normalized spacial score (nSPS) is 15.1. The molecule has 1 saturated heterocycles. The number of fused-ring (bicyclic) bond motifs is 1. The Hall–Kier alpha value is -2.71. The summed E-state index contributed by atoms with van der Waals surface area (Å²) in [5.74, 6) is -0.421. The second-order valence-electron chi connectivity index (χ2n) is 8.03. The molecule has 2 aromatic carbocycles. The lowest BCUT2D eigenvalue weighted by atomic mass is 10.1. The number of rotatable bonds is 5. The Labute approximate surface area is 190 Å². The molecule has 1 aliphatic rings. The minimum absolute atomic E-state index is 0.0261. The van der Waals surface area contributed by atoms with Crippen molar-refractivity contribution < 1.29 is 9.90 Å². The SMILES string of the molecule is CN(C)c1ccc(C(=O)N=Nc2c(O)n(CN3CCCCC3)c3ccc(Br)cc23)cc1. The van der Waals surface area contributed by atoms with Crippen molar-refractivity contribution in [2.75, 3.05) is 32.1 Å². The molecule has 8 heteroatoms. The van der Waals surface area contributed by atoms with Gasteiger partial charge in [0.25, 0.3) is 5.91 Å². The first-order valence-corrected chi connectivity index (χ1v) is 11.2. The van der Waals surface area contributed by atoms with E-state index in [-0.39, 0.29) is 5.88 Å². The number of amides is 1. The molecule has 1 aliphatic heterocycles. The molecule has 1 fully saturated rings. The van der Waals surface area contributed by atoms with Gasteiger partial charge in [-0.05, 0) is 68.4 Å². The smallest absolute Gasteiger partial charge is 0.295 e. The number of aromatic hydroxyl groups is 1. The van der Waals surface area contributed by atoms with Crippen molar-refractivity contribution in [2.24, 2.45) is 10.2 Å². The van der Waals surface area contributed by atoms with Gasteiger partial charge in [-0.3, -0.25) is 14.3 Å². The van der Waals surface area contributed by atoms with E-state index in [0.717, 1.165) is 34.2 Å². The maximum Gasteiger partial charge on any atom is 0.295 e. The molecule has 7 nitrogen and oxygen atoms in total. The quantitative estimate of drug-likeness (QED) is 0.483. The fourth-order valence-corrected chi connectivity index (χ4v) is 4.25. The number of azo groups is 1. The van der Waals surface area contributed by atoms with Crippen LogP contribution in [-0.2, 0) is 6.67 Å². The molecule has 0 atom stereocenters. The van der Waals surface area contributed by atoms with Gasteiger partial charge in [-0.2, -0.15) is 0 Å². The lowest BCUT2D eigenvalue weighted by Gasteiger charge is -2.27. The Morgan fingerprint density at radius 2 is 1.81 bits per heavy atom. The molecule has 3 aromatic rings. The lowest BCUT2D eigenvalue weighted by Crippen LogP contribution is -2.31. The van der Waals surface area contributed by atoms with Crippen LogP contribution in [-0.4, -0.2) is 47.7 Å². The van der Waals surface area contributed by atoms with Gasteiger partial charge < -0.3 is 10.0 Å². The molecular weight excluding hydrogens is 458 g/mol. The van der Waals surface area contributed by atoms with E-state index in [1.807, 2.05) is 53.9 Å². The van der Waals surface area contributed by atoms with Gasteiger partial charge in [-0.1, -0.05) is 22.4 Å². The third-order valence-corrected chi connectivity index (χ3v) is 6.13. The summed E-state index contributed by atoms with van der Waals surface area (Å²) in [6, 6.07) is 13.0. The molecule has 2 heterocycles. The Bertz CT molecular complexity index is 1120. The first-order chi connectivity index (χ1) is 14.9. The maximum absolute atomic E-state index is 12.6. The average Bonchev–Trinajstić information content (AvgIpc) is 3.03. The molecule has 1 N–H and O–H groups in total. The first-order valence-electron chi connectivity index (χ1n) is 10.4. The van der Waals surface area contributed by atoms with E-state index in [2.05, 4.69) is 31.1 Å². The highest BCUT2D eigenvalue weighted by molar-refractivity contribution is 9.10. The topological polar surface area (TPSA) is 73.4 Å². The fourth-order valence-electron chi connectivity index (χ4n) is 3.89. The molecule has 0 spiro atoms. The number of hydrogen-bond acceptors (Lipinski definition) is 5. The number of aromatic nitrogens is 1. The third kappa shape index (κ3) is 4.65. The van der Waals surface area contributed by atoms with Gasteiger partial charge in [-0.25, -0.2) is 0 Å². The minimum atomic E-state index is -0.448. The van der Waals surface area contributed by atoms with Crippen LogP contribution in [0, 0.1) is 0 Å². The summed E-state index contributed by atoms with van der Waals surface area (Å²) in [4.78, 5) is 16.8. The van der Waals surface area contributed by atoms with Gasteiger partial charge in [0.1, 0.15) is 0 Å². The summed E-state index contributed by atoms with van der Waals surface area (Å²) in [6.07, 6.45) is 3.58. The Morgan fingerprint density at radius 3 is 2.48 bits per heavy atom. The predicted octanol–water partition coefficient (Wildman–Crippen LogP) is 5.54. The summed E-state index contributed by atoms with van der Waals surface area (Å²) in [5, 5.41) is 19.8. The minimum Gasteiger partial charge on any atom is -0.493 e. The standard InChI is InChI=1S/C23H26BrN5O2/c1-27(2)18-9-6-16(7-10-18)22(30)26-25-21-19-14-17(24)8-11-20(19)29(23(21)31)15-28-12-4-3-5-13-28/h6-11,14,31H,3-5,12-13,15H2,1-2H3. The van der Waals surface area contributed by atoms with Crippen molar-refractivity contribution in [2.45, 2.75) is 25.9 Å². The van der Waals surface area contributed by atoms with Gasteiger partial charge in [0.2, 0.25) is 5.88 Å². The molecule has 1 aromatic heterocycles. The number of nitrogens with zero attached hydrogens (tertiary/aromatic N) is 5. The predicted molar refractivity (Wildman–Crippen MR) is 126 cm³/mol. The molecular formula is C23H26BrN5O2. The first kappa shape index (κ1) is 21.5. The number of carbonyl (C=O) groups is 1. The molecule has 0 radical (unpaired) electrons. The monoisotopic (exact) mass is 483 g/mol. The van der Waals surface area contributed by atoms with E-state index >= 15 is 0 Å². The molecule has 1 amide bonds. The van der Waals surface area contributed by atoms with Crippen molar-refractivity contribution in [3.8, 4) is 5.88 Å². The van der Waals surface area contributed by atoms with Crippen molar-refractivity contribution >= 4 is 44.1 Å². The zero-order valence-corrected chi connectivity index (χ0v) is 19.3. The van der Waals surface area contributed by atoms with Crippen LogP contribution in [0.4, 0.5) is 11.4 Å². The average molecular weight is 484 g/mol. The molecule has 0 bridgehead atoms. The maximum atomic E-state index is 12.6. The Kier molecular flexibility index (Phi) is 6.38. The Morgan fingerprint density at radius 1 is 1.10 bits per heavy atom. The zero-order valence-electron chi connectivity index (χ0n) is 17.8. The van der Waals surface area contributed by atoms with Crippen LogP contribution in [0.15, 0.2) is 57.2 Å². The summed E-state index contributed by atoms with van der Waals surface area (Å²) in [5.41, 5.74) is 2.62.